The molecule has 0 heterocycles. The van der Waals surface area contributed by atoms with Crippen molar-refractivity contribution in [3.63, 3.8) is 0 Å². The molecular formula is C30H39NO4. The molecule has 0 radical (unpaired) electrons. The normalized spacial score (nSPS) is 46.0. The van der Waals surface area contributed by atoms with Crippen molar-refractivity contribution < 1.29 is 19.1 Å². The molecule has 0 bridgehead atoms. The molecule has 0 amide bonds. The molecule has 5 aliphatic carbocycles. The number of carbonyl (C=O) groups is 3. The highest BCUT2D eigenvalue weighted by molar-refractivity contribution is 6.01. The molecule has 5 aliphatic rings. The predicted molar refractivity (Wildman–Crippen MR) is 132 cm³/mol. The number of esters is 1. The smallest absolute Gasteiger partial charge is 0.312 e. The van der Waals surface area contributed by atoms with E-state index in [-0.39, 0.29) is 57.1 Å². The van der Waals surface area contributed by atoms with Crippen molar-refractivity contribution in [1.82, 2.24) is 0 Å². The predicted octanol–water partition coefficient (Wildman–Crippen LogP) is 5.74. The fourth-order valence-electron chi connectivity index (χ4n) is 9.33. The van der Waals surface area contributed by atoms with Crippen LogP contribution in [0.15, 0.2) is 23.3 Å². The Hall–Kier alpha value is -2.22. The van der Waals surface area contributed by atoms with Gasteiger partial charge in [0.1, 0.15) is 6.07 Å². The average molecular weight is 478 g/mol. The first kappa shape index (κ1) is 24.5. The van der Waals surface area contributed by atoms with E-state index in [0.29, 0.717) is 6.42 Å². The number of hydrogen-bond donors (Lipinski definition) is 0. The van der Waals surface area contributed by atoms with Gasteiger partial charge in [-0.25, -0.2) is 0 Å². The molecular weight excluding hydrogens is 438 g/mol. The van der Waals surface area contributed by atoms with E-state index in [1.54, 1.807) is 0 Å². The quantitative estimate of drug-likeness (QED) is 0.450. The number of hydrogen-bond acceptors (Lipinski definition) is 5. The van der Waals surface area contributed by atoms with Crippen LogP contribution < -0.4 is 0 Å². The molecule has 3 unspecified atom stereocenters. The van der Waals surface area contributed by atoms with Crippen LogP contribution in [0.2, 0.25) is 0 Å². The van der Waals surface area contributed by atoms with E-state index < -0.39 is 10.8 Å². The van der Waals surface area contributed by atoms with Crippen molar-refractivity contribution in [2.45, 2.75) is 86.0 Å². The van der Waals surface area contributed by atoms with Crippen LogP contribution in [0.4, 0.5) is 0 Å². The Morgan fingerprint density at radius 1 is 1.06 bits per heavy atom. The van der Waals surface area contributed by atoms with Crippen LogP contribution in [0.1, 0.15) is 86.0 Å². The van der Waals surface area contributed by atoms with Gasteiger partial charge in [-0.2, -0.15) is 5.26 Å². The SMILES string of the molecule is COC(=O)[C@]12CCC(C)(C)CC1C1C(=O)C=C3[C@@]4(C)C=C(C#N)C(=O)CC4CC[C@@]3(C)[C@]1(C)CC2. The molecule has 3 fully saturated rings. The van der Waals surface area contributed by atoms with E-state index in [9.17, 15) is 19.6 Å². The van der Waals surface area contributed by atoms with Crippen LogP contribution in [-0.2, 0) is 19.1 Å². The number of ether oxygens (including phenoxy) is 1. The first-order valence-electron chi connectivity index (χ1n) is 13.3. The number of fused-ring (bicyclic) bond motifs is 7. The highest BCUT2D eigenvalue weighted by atomic mass is 16.5. The van der Waals surface area contributed by atoms with Crippen LogP contribution in [0.3, 0.4) is 0 Å². The van der Waals surface area contributed by atoms with Crippen LogP contribution in [-0.4, -0.2) is 24.6 Å². The molecule has 5 nitrogen and oxygen atoms in total. The molecule has 0 aromatic heterocycles. The third-order valence-electron chi connectivity index (χ3n) is 11.7. The second-order valence-corrected chi connectivity index (χ2v) is 13.6. The Kier molecular flexibility index (Phi) is 5.18. The van der Waals surface area contributed by atoms with Gasteiger partial charge in [-0.15, -0.1) is 0 Å². The Labute approximate surface area is 209 Å². The van der Waals surface area contributed by atoms with Crippen molar-refractivity contribution in [2.75, 3.05) is 7.11 Å². The van der Waals surface area contributed by atoms with Crippen LogP contribution in [0.5, 0.6) is 0 Å². The number of ketones is 2. The monoisotopic (exact) mass is 477 g/mol. The van der Waals surface area contributed by atoms with Crippen molar-refractivity contribution >= 4 is 17.5 Å². The lowest BCUT2D eigenvalue weighted by molar-refractivity contribution is -0.190. The number of Topliss-reactive ketones (excluding diaryl/α,β-unsaturated/α-hetero) is 1. The number of rotatable bonds is 1. The minimum atomic E-state index is -0.585. The maximum Gasteiger partial charge on any atom is 0.312 e. The van der Waals surface area contributed by atoms with Crippen molar-refractivity contribution in [3.8, 4) is 6.07 Å². The van der Waals surface area contributed by atoms with E-state index in [4.69, 9.17) is 4.74 Å². The molecule has 0 saturated heterocycles. The Balaban J connectivity index is 1.68. The summed E-state index contributed by atoms with van der Waals surface area (Å²) >= 11 is 0. The first-order chi connectivity index (χ1) is 16.3. The molecule has 35 heavy (non-hydrogen) atoms. The molecule has 0 aromatic rings. The van der Waals surface area contributed by atoms with Crippen LogP contribution >= 0.6 is 0 Å². The van der Waals surface area contributed by atoms with Crippen molar-refractivity contribution in [2.24, 2.45) is 44.8 Å². The second kappa shape index (κ2) is 7.40. The minimum Gasteiger partial charge on any atom is -0.469 e. The van der Waals surface area contributed by atoms with Gasteiger partial charge >= 0.3 is 5.97 Å². The van der Waals surface area contributed by atoms with E-state index in [0.717, 1.165) is 50.5 Å². The third kappa shape index (κ3) is 3.01. The Morgan fingerprint density at radius 2 is 1.74 bits per heavy atom. The van der Waals surface area contributed by atoms with Gasteiger partial charge in [-0.3, -0.25) is 14.4 Å². The number of allylic oxidation sites excluding steroid dienone is 4. The number of nitrogens with zero attached hydrogens (tertiary/aromatic N) is 1. The first-order valence-corrected chi connectivity index (χ1v) is 13.3. The van der Waals surface area contributed by atoms with Crippen LogP contribution in [0, 0.1) is 56.2 Å². The summed E-state index contributed by atoms with van der Waals surface area (Å²) in [5.41, 5.74) is -0.181. The van der Waals surface area contributed by atoms with Gasteiger partial charge in [0.2, 0.25) is 0 Å². The summed E-state index contributed by atoms with van der Waals surface area (Å²) in [6.45, 7) is 11.3. The zero-order valence-corrected chi connectivity index (χ0v) is 22.1. The average Bonchev–Trinajstić information content (AvgIpc) is 2.80. The standard InChI is InChI=1S/C30H39NO4/c1-26(2)9-11-30(25(34)35-6)12-10-29(5)24(20(30)16-26)22(33)14-23-27(3)15-18(17-31)21(32)13-19(27)7-8-28(23,29)4/h14-15,19-20,24H,7-13,16H2,1-6H3/t19?,20?,24?,27-,28+,29+,30-/m0/s1. The minimum absolute atomic E-state index is 0.0387. The van der Waals surface area contributed by atoms with E-state index in [2.05, 4.69) is 40.7 Å². The maximum atomic E-state index is 14.2. The van der Waals surface area contributed by atoms with Gasteiger partial charge in [0, 0.05) is 17.8 Å². The zero-order valence-electron chi connectivity index (χ0n) is 22.1. The largest absolute Gasteiger partial charge is 0.469 e. The molecule has 5 rings (SSSR count). The van der Waals surface area contributed by atoms with E-state index in [1.807, 2.05) is 12.2 Å². The van der Waals surface area contributed by atoms with Gasteiger partial charge in [0.05, 0.1) is 18.1 Å². The molecule has 188 valence electrons. The molecule has 0 aromatic carbocycles. The molecule has 0 aliphatic heterocycles. The molecule has 0 spiro atoms. The fourth-order valence-corrected chi connectivity index (χ4v) is 9.33. The third-order valence-corrected chi connectivity index (χ3v) is 11.7. The number of carbonyl (C=O) groups excluding carboxylic acids is 3. The van der Waals surface area contributed by atoms with E-state index in [1.165, 1.54) is 7.11 Å². The molecule has 7 atom stereocenters. The van der Waals surface area contributed by atoms with Gasteiger partial charge in [-0.1, -0.05) is 46.3 Å². The summed E-state index contributed by atoms with van der Waals surface area (Å²) < 4.78 is 5.38. The van der Waals surface area contributed by atoms with Crippen molar-refractivity contribution in [3.05, 3.63) is 23.3 Å². The zero-order chi connectivity index (χ0) is 25.6. The van der Waals surface area contributed by atoms with Crippen molar-refractivity contribution in [1.29, 1.82) is 5.26 Å². The van der Waals surface area contributed by atoms with Gasteiger partial charge < -0.3 is 4.74 Å². The Morgan fingerprint density at radius 3 is 2.40 bits per heavy atom. The lowest BCUT2D eigenvalue weighted by atomic mass is 9.35. The molecule has 3 saturated carbocycles. The Bertz CT molecular complexity index is 1120. The summed E-state index contributed by atoms with van der Waals surface area (Å²) in [6.07, 6.45) is 10.1. The summed E-state index contributed by atoms with van der Waals surface area (Å²) in [4.78, 5) is 40.0. The molecule has 0 N–H and O–H groups in total. The maximum absolute atomic E-state index is 14.2. The fraction of sp³-hybridized carbons (Fsp3) is 0.733. The summed E-state index contributed by atoms with van der Waals surface area (Å²) in [5.74, 6) is -0.241. The lowest BCUT2D eigenvalue weighted by Gasteiger charge is -2.67. The highest BCUT2D eigenvalue weighted by Gasteiger charge is 2.70. The van der Waals surface area contributed by atoms with Gasteiger partial charge in [-0.05, 0) is 79.1 Å². The number of methoxy groups -OCH3 is 1. The summed E-state index contributed by atoms with van der Waals surface area (Å²) in [6, 6.07) is 2.12. The topological polar surface area (TPSA) is 84.2 Å². The van der Waals surface area contributed by atoms with Gasteiger partial charge in [0.15, 0.2) is 11.6 Å². The number of nitriles is 1. The van der Waals surface area contributed by atoms with Gasteiger partial charge in [0.25, 0.3) is 0 Å². The highest BCUT2D eigenvalue weighted by Crippen LogP contribution is 2.73. The summed E-state index contributed by atoms with van der Waals surface area (Å²) in [7, 11) is 1.48. The second-order valence-electron chi connectivity index (χ2n) is 13.6. The lowest BCUT2D eigenvalue weighted by Crippen LogP contribution is -2.65. The van der Waals surface area contributed by atoms with Crippen LogP contribution in [0.25, 0.3) is 0 Å². The van der Waals surface area contributed by atoms with E-state index >= 15 is 0 Å². The summed E-state index contributed by atoms with van der Waals surface area (Å²) in [5, 5.41) is 9.63. The molecule has 5 heteroatoms.